The van der Waals surface area contributed by atoms with Gasteiger partial charge in [0.15, 0.2) is 0 Å². The number of ether oxygens (including phenoxy) is 1. The Labute approximate surface area is 223 Å². The number of morpholine rings is 1. The number of hydrazine groups is 1. The van der Waals surface area contributed by atoms with E-state index in [1.54, 1.807) is 0 Å². The van der Waals surface area contributed by atoms with Gasteiger partial charge in [0.1, 0.15) is 0 Å². The zero-order chi connectivity index (χ0) is 27.5. The highest BCUT2D eigenvalue weighted by molar-refractivity contribution is 7.89. The van der Waals surface area contributed by atoms with Crippen molar-refractivity contribution >= 4 is 31.9 Å². The molecule has 11 nitrogen and oxygen atoms in total. The third-order valence-electron chi connectivity index (χ3n) is 6.50. The first-order valence-electron chi connectivity index (χ1n) is 12.4. The number of carbonyl (C=O) groups excluding carboxylic acids is 2. The molecule has 0 saturated carbocycles. The Bertz CT molecular complexity index is 1360. The van der Waals surface area contributed by atoms with Crippen molar-refractivity contribution in [3.63, 3.8) is 0 Å². The van der Waals surface area contributed by atoms with Crippen molar-refractivity contribution in [2.24, 2.45) is 0 Å². The van der Waals surface area contributed by atoms with E-state index in [0.29, 0.717) is 13.1 Å². The van der Waals surface area contributed by atoms with Crippen LogP contribution in [0.4, 0.5) is 0 Å². The predicted octanol–water partition coefficient (Wildman–Crippen LogP) is 1.73. The van der Waals surface area contributed by atoms with Gasteiger partial charge in [0.25, 0.3) is 11.8 Å². The summed E-state index contributed by atoms with van der Waals surface area (Å²) in [7, 11) is -7.36. The first-order valence-corrected chi connectivity index (χ1v) is 15.3. The van der Waals surface area contributed by atoms with Crippen LogP contribution < -0.4 is 10.9 Å². The summed E-state index contributed by atoms with van der Waals surface area (Å²) in [5, 5.41) is 0. The zero-order valence-electron chi connectivity index (χ0n) is 21.3. The van der Waals surface area contributed by atoms with Crippen LogP contribution in [0.5, 0.6) is 0 Å². The summed E-state index contributed by atoms with van der Waals surface area (Å²) >= 11 is 0. The average Bonchev–Trinajstić information content (AvgIpc) is 2.91. The molecule has 38 heavy (non-hydrogen) atoms. The molecule has 0 aromatic heterocycles. The topological polar surface area (TPSA) is 142 Å². The van der Waals surface area contributed by atoms with Crippen LogP contribution in [0.25, 0.3) is 0 Å². The number of rotatable bonds is 6. The maximum atomic E-state index is 13.0. The van der Waals surface area contributed by atoms with Crippen molar-refractivity contribution in [3.05, 3.63) is 59.7 Å². The largest absolute Gasteiger partial charge is 0.373 e. The van der Waals surface area contributed by atoms with Crippen LogP contribution in [0.2, 0.25) is 0 Å². The number of amides is 2. The fourth-order valence-electron chi connectivity index (χ4n) is 4.54. The Morgan fingerprint density at radius 1 is 0.684 bits per heavy atom. The highest BCUT2D eigenvalue weighted by Crippen LogP contribution is 2.22. The Morgan fingerprint density at radius 3 is 1.50 bits per heavy atom. The van der Waals surface area contributed by atoms with Gasteiger partial charge < -0.3 is 4.74 Å². The van der Waals surface area contributed by atoms with E-state index < -0.39 is 31.9 Å². The summed E-state index contributed by atoms with van der Waals surface area (Å²) in [5.41, 5.74) is 4.89. The fourth-order valence-corrected chi connectivity index (χ4v) is 7.65. The van der Waals surface area contributed by atoms with Gasteiger partial charge in [0, 0.05) is 37.3 Å². The lowest BCUT2D eigenvalue weighted by Crippen LogP contribution is -2.48. The Balaban J connectivity index is 1.35. The maximum absolute atomic E-state index is 13.0. The molecule has 2 aromatic rings. The van der Waals surface area contributed by atoms with Gasteiger partial charge in [0.05, 0.1) is 22.0 Å². The third-order valence-corrected chi connectivity index (χ3v) is 10.3. The number of hydrogen-bond acceptors (Lipinski definition) is 7. The van der Waals surface area contributed by atoms with Crippen molar-refractivity contribution in [1.82, 2.24) is 19.5 Å². The lowest BCUT2D eigenvalue weighted by atomic mass is 10.2. The minimum Gasteiger partial charge on any atom is -0.373 e. The minimum atomic E-state index is -3.75. The number of carbonyl (C=O) groups is 2. The third kappa shape index (κ3) is 6.24. The van der Waals surface area contributed by atoms with E-state index in [1.807, 2.05) is 13.8 Å². The molecular formula is C25H32N4O7S2. The van der Waals surface area contributed by atoms with Crippen LogP contribution >= 0.6 is 0 Å². The molecule has 2 aliphatic rings. The molecule has 0 unspecified atom stereocenters. The standard InChI is InChI=1S/C25H32N4O7S2/c1-18-16-29(17-19(2)36-18)38(34,35)23-12-8-21(9-13-23)25(31)27-26-24(30)20-6-10-22(11-7-20)37(32,33)28-14-4-3-5-15-28/h6-13,18-19H,3-5,14-17H2,1-2H3,(H,26,30)(H,27,31)/t18-,19-/m1/s1. The summed E-state index contributed by atoms with van der Waals surface area (Å²) in [6.45, 7) is 5.07. The van der Waals surface area contributed by atoms with Gasteiger partial charge in [0.2, 0.25) is 20.0 Å². The summed E-state index contributed by atoms with van der Waals surface area (Å²) in [4.78, 5) is 25.1. The molecule has 2 aliphatic heterocycles. The molecule has 4 rings (SSSR count). The second kappa shape index (κ2) is 11.5. The lowest BCUT2D eigenvalue weighted by Gasteiger charge is -2.34. The highest BCUT2D eigenvalue weighted by Gasteiger charge is 2.32. The molecule has 2 amide bonds. The normalized spacial score (nSPS) is 21.5. The molecule has 0 radical (unpaired) electrons. The number of nitrogens with zero attached hydrogens (tertiary/aromatic N) is 2. The second-order valence-electron chi connectivity index (χ2n) is 9.50. The molecule has 0 bridgehead atoms. The Hall–Kier alpha value is -2.84. The molecule has 2 atom stereocenters. The van der Waals surface area contributed by atoms with Crippen LogP contribution in [0.1, 0.15) is 53.8 Å². The second-order valence-corrected chi connectivity index (χ2v) is 13.4. The van der Waals surface area contributed by atoms with Gasteiger partial charge in [-0.15, -0.1) is 0 Å². The zero-order valence-corrected chi connectivity index (χ0v) is 22.9. The number of benzene rings is 2. The van der Waals surface area contributed by atoms with Crippen LogP contribution in [-0.2, 0) is 24.8 Å². The van der Waals surface area contributed by atoms with E-state index >= 15 is 0 Å². The van der Waals surface area contributed by atoms with E-state index in [-0.39, 0.29) is 46.2 Å². The average molecular weight is 565 g/mol. The van der Waals surface area contributed by atoms with E-state index in [9.17, 15) is 26.4 Å². The smallest absolute Gasteiger partial charge is 0.269 e. The first kappa shape index (κ1) is 28.2. The van der Waals surface area contributed by atoms with Crippen LogP contribution in [-0.4, -0.2) is 75.6 Å². The molecular weight excluding hydrogens is 532 g/mol. The molecule has 13 heteroatoms. The quantitative estimate of drug-likeness (QED) is 0.509. The van der Waals surface area contributed by atoms with Gasteiger partial charge in [-0.25, -0.2) is 16.8 Å². The lowest BCUT2D eigenvalue weighted by molar-refractivity contribution is -0.0440. The summed E-state index contributed by atoms with van der Waals surface area (Å²) < 4.78 is 59.9. The van der Waals surface area contributed by atoms with Crippen molar-refractivity contribution in [1.29, 1.82) is 0 Å². The van der Waals surface area contributed by atoms with Crippen LogP contribution in [0, 0.1) is 0 Å². The van der Waals surface area contributed by atoms with Crippen molar-refractivity contribution in [3.8, 4) is 0 Å². The van der Waals surface area contributed by atoms with E-state index in [4.69, 9.17) is 4.74 Å². The fraction of sp³-hybridized carbons (Fsp3) is 0.440. The van der Waals surface area contributed by atoms with E-state index in [2.05, 4.69) is 10.9 Å². The minimum absolute atomic E-state index is 0.0546. The van der Waals surface area contributed by atoms with Crippen molar-refractivity contribution in [2.45, 2.75) is 55.1 Å². The summed E-state index contributed by atoms with van der Waals surface area (Å²) in [6, 6.07) is 10.9. The van der Waals surface area contributed by atoms with Gasteiger partial charge >= 0.3 is 0 Å². The summed E-state index contributed by atoms with van der Waals surface area (Å²) in [6.07, 6.45) is 2.21. The molecule has 2 fully saturated rings. The molecule has 2 saturated heterocycles. The monoisotopic (exact) mass is 564 g/mol. The molecule has 2 aromatic carbocycles. The van der Waals surface area contributed by atoms with Crippen LogP contribution in [0.15, 0.2) is 58.3 Å². The number of piperidine rings is 1. The predicted molar refractivity (Wildman–Crippen MR) is 139 cm³/mol. The number of nitrogens with one attached hydrogen (secondary N) is 2. The maximum Gasteiger partial charge on any atom is 0.269 e. The molecule has 2 heterocycles. The first-order chi connectivity index (χ1) is 18.0. The SMILES string of the molecule is C[C@@H]1CN(S(=O)(=O)c2ccc(C(=O)NNC(=O)c3ccc(S(=O)(=O)N4CCCCC4)cc3)cc2)C[C@@H](C)O1. The number of hydrogen-bond donors (Lipinski definition) is 2. The van der Waals surface area contributed by atoms with Gasteiger partial charge in [-0.05, 0) is 75.2 Å². The van der Waals surface area contributed by atoms with Gasteiger partial charge in [-0.3, -0.25) is 20.4 Å². The summed E-state index contributed by atoms with van der Waals surface area (Å²) in [5.74, 6) is -1.27. The van der Waals surface area contributed by atoms with Crippen LogP contribution in [0.3, 0.4) is 0 Å². The van der Waals surface area contributed by atoms with Crippen molar-refractivity contribution in [2.75, 3.05) is 26.2 Å². The molecule has 0 aliphatic carbocycles. The van der Waals surface area contributed by atoms with Gasteiger partial charge in [-0.1, -0.05) is 6.42 Å². The molecule has 0 spiro atoms. The molecule has 206 valence electrons. The van der Waals surface area contributed by atoms with Crippen molar-refractivity contribution < 1.29 is 31.2 Å². The Kier molecular flexibility index (Phi) is 8.52. The molecule has 2 N–H and O–H groups in total. The number of sulfonamides is 2. The van der Waals surface area contributed by atoms with E-state index in [1.165, 1.54) is 57.1 Å². The Morgan fingerprint density at radius 2 is 1.08 bits per heavy atom. The highest BCUT2D eigenvalue weighted by atomic mass is 32.2. The van der Waals surface area contributed by atoms with E-state index in [0.717, 1.165) is 19.3 Å². The van der Waals surface area contributed by atoms with Gasteiger partial charge in [-0.2, -0.15) is 8.61 Å².